The van der Waals surface area contributed by atoms with Gasteiger partial charge in [-0.2, -0.15) is 9.57 Å². The molecule has 0 radical (unpaired) electrons. The van der Waals surface area contributed by atoms with Gasteiger partial charge in [0.2, 0.25) is 10.0 Å². The molecule has 1 heterocycles. The van der Waals surface area contributed by atoms with E-state index in [9.17, 15) is 8.42 Å². The maximum absolute atomic E-state index is 12.0. The van der Waals surface area contributed by atoms with Crippen molar-refractivity contribution in [3.8, 4) is 6.07 Å². The molecule has 0 amide bonds. The second kappa shape index (κ2) is 4.88. The van der Waals surface area contributed by atoms with E-state index >= 15 is 0 Å². The number of pyridine rings is 1. The Labute approximate surface area is 94.7 Å². The fourth-order valence-electron chi connectivity index (χ4n) is 1.13. The molecule has 5 nitrogen and oxygen atoms in total. The minimum absolute atomic E-state index is 0.0816. The lowest BCUT2D eigenvalue weighted by atomic mass is 10.4. The summed E-state index contributed by atoms with van der Waals surface area (Å²) in [4.78, 5) is 3.63. The van der Waals surface area contributed by atoms with Crippen LogP contribution in [-0.2, 0) is 10.0 Å². The zero-order valence-corrected chi connectivity index (χ0v) is 9.61. The van der Waals surface area contributed by atoms with Crippen LogP contribution < -0.4 is 0 Å². The fourth-order valence-corrected chi connectivity index (χ4v) is 2.36. The normalized spacial score (nSPS) is 11.1. The first-order valence-corrected chi connectivity index (χ1v) is 5.90. The maximum atomic E-state index is 12.0. The third-order valence-corrected chi connectivity index (χ3v) is 3.81. The summed E-state index contributed by atoms with van der Waals surface area (Å²) in [6, 6.07) is 4.60. The molecule has 0 fully saturated rings. The summed E-state index contributed by atoms with van der Waals surface area (Å²) in [6.45, 7) is 3.65. The van der Waals surface area contributed by atoms with E-state index in [0.717, 1.165) is 4.31 Å². The Kier molecular flexibility index (Phi) is 3.77. The van der Waals surface area contributed by atoms with Crippen LogP contribution in [0.15, 0.2) is 35.9 Å². The summed E-state index contributed by atoms with van der Waals surface area (Å²) >= 11 is 0. The maximum Gasteiger partial charge on any atom is 0.245 e. The number of rotatable bonds is 4. The van der Waals surface area contributed by atoms with Gasteiger partial charge in [0, 0.05) is 19.8 Å². The quantitative estimate of drug-likeness (QED) is 0.724. The molecule has 1 aromatic rings. The van der Waals surface area contributed by atoms with Crippen molar-refractivity contribution >= 4 is 10.0 Å². The van der Waals surface area contributed by atoms with Crippen LogP contribution in [0.2, 0.25) is 0 Å². The van der Waals surface area contributed by atoms with Gasteiger partial charge in [0.05, 0.1) is 0 Å². The molecule has 0 N–H and O–H groups in total. The topological polar surface area (TPSA) is 74.1 Å². The summed E-state index contributed by atoms with van der Waals surface area (Å²) in [5, 5.41) is 8.78. The van der Waals surface area contributed by atoms with Crippen LogP contribution >= 0.6 is 0 Å². The van der Waals surface area contributed by atoms with Crippen LogP contribution in [0.5, 0.6) is 0 Å². The Morgan fingerprint density at radius 2 is 2.38 bits per heavy atom. The Bertz CT molecular complexity index is 531. The number of nitriles is 1. The standard InChI is InChI=1S/C10H11N3O2S/c1-3-7-13(2)16(14,15)10-5-4-6-12-9(10)8-11/h3-6H,1,7H2,2H3. The van der Waals surface area contributed by atoms with E-state index in [1.54, 1.807) is 6.07 Å². The average molecular weight is 237 g/mol. The van der Waals surface area contributed by atoms with Crippen LogP contribution in [0.1, 0.15) is 5.69 Å². The Hall–Kier alpha value is -1.71. The number of hydrogen-bond acceptors (Lipinski definition) is 4. The number of nitrogens with zero attached hydrogens (tertiary/aromatic N) is 3. The van der Waals surface area contributed by atoms with Crippen molar-refractivity contribution in [2.45, 2.75) is 4.90 Å². The van der Waals surface area contributed by atoms with E-state index in [2.05, 4.69) is 11.6 Å². The van der Waals surface area contributed by atoms with Crippen molar-refractivity contribution < 1.29 is 8.42 Å². The molecule has 0 bridgehead atoms. The van der Waals surface area contributed by atoms with Crippen molar-refractivity contribution in [2.24, 2.45) is 0 Å². The molecular formula is C10H11N3O2S. The molecule has 0 aliphatic rings. The van der Waals surface area contributed by atoms with Crippen LogP contribution in [0, 0.1) is 11.3 Å². The lowest BCUT2D eigenvalue weighted by Gasteiger charge is -2.15. The first-order valence-electron chi connectivity index (χ1n) is 4.46. The molecule has 0 aliphatic heterocycles. The van der Waals surface area contributed by atoms with Crippen LogP contribution in [0.25, 0.3) is 0 Å². The highest BCUT2D eigenvalue weighted by molar-refractivity contribution is 7.89. The minimum atomic E-state index is -3.67. The van der Waals surface area contributed by atoms with E-state index < -0.39 is 10.0 Å². The van der Waals surface area contributed by atoms with Gasteiger partial charge in [-0.1, -0.05) is 6.08 Å². The first kappa shape index (κ1) is 12.4. The van der Waals surface area contributed by atoms with Gasteiger partial charge in [0.25, 0.3) is 0 Å². The molecular weight excluding hydrogens is 226 g/mol. The predicted molar refractivity (Wildman–Crippen MR) is 59.0 cm³/mol. The van der Waals surface area contributed by atoms with E-state index in [-0.39, 0.29) is 17.1 Å². The zero-order chi connectivity index (χ0) is 12.2. The van der Waals surface area contributed by atoms with Gasteiger partial charge >= 0.3 is 0 Å². The molecule has 0 saturated carbocycles. The molecule has 0 saturated heterocycles. The van der Waals surface area contributed by atoms with Crippen molar-refractivity contribution in [3.63, 3.8) is 0 Å². The number of aromatic nitrogens is 1. The Morgan fingerprint density at radius 1 is 1.69 bits per heavy atom. The summed E-state index contributed by atoms with van der Waals surface area (Å²) in [5.41, 5.74) is -0.0987. The second-order valence-electron chi connectivity index (χ2n) is 3.04. The van der Waals surface area contributed by atoms with Gasteiger partial charge in [-0.3, -0.25) is 0 Å². The molecule has 0 aromatic carbocycles. The Balaban J connectivity index is 3.28. The highest BCUT2D eigenvalue weighted by Crippen LogP contribution is 2.16. The number of hydrogen-bond donors (Lipinski definition) is 0. The molecule has 0 unspecified atom stereocenters. The molecule has 0 atom stereocenters. The van der Waals surface area contributed by atoms with E-state index in [0.29, 0.717) is 0 Å². The van der Waals surface area contributed by atoms with Gasteiger partial charge in [0.1, 0.15) is 11.0 Å². The van der Waals surface area contributed by atoms with Crippen molar-refractivity contribution in [3.05, 3.63) is 36.7 Å². The summed E-state index contributed by atoms with van der Waals surface area (Å²) in [7, 11) is -2.25. The third kappa shape index (κ3) is 2.27. The third-order valence-electron chi connectivity index (χ3n) is 1.95. The molecule has 1 rings (SSSR count). The monoisotopic (exact) mass is 237 g/mol. The lowest BCUT2D eigenvalue weighted by Crippen LogP contribution is -2.27. The van der Waals surface area contributed by atoms with E-state index in [1.807, 2.05) is 0 Å². The van der Waals surface area contributed by atoms with Crippen molar-refractivity contribution in [1.82, 2.24) is 9.29 Å². The summed E-state index contributed by atoms with van der Waals surface area (Å²) in [5.74, 6) is 0. The molecule has 84 valence electrons. The smallest absolute Gasteiger partial charge is 0.244 e. The second-order valence-corrected chi connectivity index (χ2v) is 5.05. The van der Waals surface area contributed by atoms with Gasteiger partial charge in [0.15, 0.2) is 5.69 Å². The first-order chi connectivity index (χ1) is 7.54. The van der Waals surface area contributed by atoms with Crippen LogP contribution in [0.3, 0.4) is 0 Å². The highest BCUT2D eigenvalue weighted by Gasteiger charge is 2.23. The van der Waals surface area contributed by atoms with E-state index in [4.69, 9.17) is 5.26 Å². The fraction of sp³-hybridized carbons (Fsp3) is 0.200. The zero-order valence-electron chi connectivity index (χ0n) is 8.79. The largest absolute Gasteiger partial charge is 0.245 e. The van der Waals surface area contributed by atoms with Gasteiger partial charge < -0.3 is 0 Å². The van der Waals surface area contributed by atoms with Crippen LogP contribution in [0.4, 0.5) is 0 Å². The SMILES string of the molecule is C=CCN(C)S(=O)(=O)c1cccnc1C#N. The van der Waals surface area contributed by atoms with Crippen molar-refractivity contribution in [2.75, 3.05) is 13.6 Å². The average Bonchev–Trinajstić information content (AvgIpc) is 2.29. The predicted octanol–water partition coefficient (Wildman–Crippen LogP) is 0.760. The van der Waals surface area contributed by atoms with Crippen molar-refractivity contribution in [1.29, 1.82) is 5.26 Å². The highest BCUT2D eigenvalue weighted by atomic mass is 32.2. The Morgan fingerprint density at radius 3 is 2.94 bits per heavy atom. The van der Waals surface area contributed by atoms with Gasteiger partial charge in [-0.05, 0) is 12.1 Å². The molecule has 0 aliphatic carbocycles. The number of sulfonamides is 1. The minimum Gasteiger partial charge on any atom is -0.244 e. The molecule has 16 heavy (non-hydrogen) atoms. The number of likely N-dealkylation sites (N-methyl/N-ethyl adjacent to an activating group) is 1. The molecule has 1 aromatic heterocycles. The van der Waals surface area contributed by atoms with Gasteiger partial charge in [-0.15, -0.1) is 6.58 Å². The van der Waals surface area contributed by atoms with Gasteiger partial charge in [-0.25, -0.2) is 13.4 Å². The lowest BCUT2D eigenvalue weighted by molar-refractivity contribution is 0.498. The molecule has 0 spiro atoms. The molecule has 6 heteroatoms. The van der Waals surface area contributed by atoms with Crippen LogP contribution in [-0.4, -0.2) is 31.3 Å². The summed E-state index contributed by atoms with van der Waals surface area (Å²) < 4.78 is 25.1. The summed E-state index contributed by atoms with van der Waals surface area (Å²) in [6.07, 6.45) is 2.85. The van der Waals surface area contributed by atoms with E-state index in [1.165, 1.54) is 31.5 Å².